The third-order valence-electron chi connectivity index (χ3n) is 3.25. The number of methoxy groups -OCH3 is 1. The molecule has 1 aromatic carbocycles. The van der Waals surface area contributed by atoms with Gasteiger partial charge in [0.05, 0.1) is 18.8 Å². The van der Waals surface area contributed by atoms with E-state index in [2.05, 4.69) is 41.5 Å². The highest BCUT2D eigenvalue weighted by atomic mass is 16.5. The highest BCUT2D eigenvalue weighted by Crippen LogP contribution is 2.23. The van der Waals surface area contributed by atoms with Gasteiger partial charge in [0, 0.05) is 5.69 Å². The molecular formula is C17H22N2O. The van der Waals surface area contributed by atoms with Crippen LogP contribution in [0.5, 0.6) is 5.75 Å². The van der Waals surface area contributed by atoms with E-state index in [9.17, 15) is 0 Å². The van der Waals surface area contributed by atoms with E-state index in [4.69, 9.17) is 4.74 Å². The molecule has 1 unspecified atom stereocenters. The van der Waals surface area contributed by atoms with Gasteiger partial charge in [-0.3, -0.25) is 4.98 Å². The minimum Gasteiger partial charge on any atom is -0.497 e. The fourth-order valence-corrected chi connectivity index (χ4v) is 2.20. The molecule has 0 fully saturated rings. The molecule has 1 atom stereocenters. The molecule has 2 rings (SSSR count). The molecule has 0 radical (unpaired) electrons. The largest absolute Gasteiger partial charge is 0.497 e. The van der Waals surface area contributed by atoms with Gasteiger partial charge < -0.3 is 10.1 Å². The number of ether oxygens (including phenoxy) is 1. The lowest BCUT2D eigenvalue weighted by Crippen LogP contribution is -2.24. The van der Waals surface area contributed by atoms with Crippen molar-refractivity contribution in [1.82, 2.24) is 10.3 Å². The molecule has 3 nitrogen and oxygen atoms in total. The van der Waals surface area contributed by atoms with E-state index in [1.807, 2.05) is 25.1 Å². The van der Waals surface area contributed by atoms with Crippen molar-refractivity contribution < 1.29 is 4.74 Å². The van der Waals surface area contributed by atoms with Crippen LogP contribution in [0.4, 0.5) is 0 Å². The minimum absolute atomic E-state index is 0.126. The predicted molar refractivity (Wildman–Crippen MR) is 82.1 cm³/mol. The molecule has 0 aliphatic carbocycles. The zero-order valence-electron chi connectivity index (χ0n) is 12.4. The SMILES string of the molecule is CCCNC(c1ccc(OC)cc1)c1cccc(C)n1. The van der Waals surface area contributed by atoms with Gasteiger partial charge in [-0.1, -0.05) is 25.1 Å². The van der Waals surface area contributed by atoms with E-state index in [-0.39, 0.29) is 6.04 Å². The number of nitrogens with one attached hydrogen (secondary N) is 1. The number of aromatic nitrogens is 1. The Morgan fingerprint density at radius 3 is 2.50 bits per heavy atom. The Bertz CT molecular complexity index is 537. The molecule has 0 amide bonds. The third-order valence-corrected chi connectivity index (χ3v) is 3.25. The highest BCUT2D eigenvalue weighted by Gasteiger charge is 2.14. The first-order valence-electron chi connectivity index (χ1n) is 7.05. The first-order chi connectivity index (χ1) is 9.74. The van der Waals surface area contributed by atoms with Crippen molar-refractivity contribution in [2.24, 2.45) is 0 Å². The zero-order chi connectivity index (χ0) is 14.4. The summed E-state index contributed by atoms with van der Waals surface area (Å²) in [6, 6.07) is 14.4. The second-order valence-corrected chi connectivity index (χ2v) is 4.86. The first kappa shape index (κ1) is 14.5. The number of rotatable bonds is 6. The Balaban J connectivity index is 2.30. The van der Waals surface area contributed by atoms with Crippen molar-refractivity contribution in [3.8, 4) is 5.75 Å². The summed E-state index contributed by atoms with van der Waals surface area (Å²) in [7, 11) is 1.68. The van der Waals surface area contributed by atoms with Gasteiger partial charge in [0.25, 0.3) is 0 Å². The molecule has 0 saturated heterocycles. The number of pyridine rings is 1. The molecule has 0 bridgehead atoms. The molecule has 0 saturated carbocycles. The molecule has 0 aliphatic rings. The fourth-order valence-electron chi connectivity index (χ4n) is 2.20. The molecule has 1 N–H and O–H groups in total. The number of hydrogen-bond donors (Lipinski definition) is 1. The van der Waals surface area contributed by atoms with Crippen LogP contribution in [0.25, 0.3) is 0 Å². The van der Waals surface area contributed by atoms with Gasteiger partial charge in [-0.2, -0.15) is 0 Å². The number of nitrogens with zero attached hydrogens (tertiary/aromatic N) is 1. The highest BCUT2D eigenvalue weighted by molar-refractivity contribution is 5.33. The Morgan fingerprint density at radius 1 is 1.15 bits per heavy atom. The monoisotopic (exact) mass is 270 g/mol. The summed E-state index contributed by atoms with van der Waals surface area (Å²) >= 11 is 0. The van der Waals surface area contributed by atoms with Crippen molar-refractivity contribution in [1.29, 1.82) is 0 Å². The third kappa shape index (κ3) is 3.58. The second kappa shape index (κ2) is 7.06. The zero-order valence-corrected chi connectivity index (χ0v) is 12.4. The Kier molecular flexibility index (Phi) is 5.13. The normalized spacial score (nSPS) is 12.2. The second-order valence-electron chi connectivity index (χ2n) is 4.86. The summed E-state index contributed by atoms with van der Waals surface area (Å²) < 4.78 is 5.22. The Labute approximate surface area is 121 Å². The quantitative estimate of drug-likeness (QED) is 0.872. The summed E-state index contributed by atoms with van der Waals surface area (Å²) in [5.74, 6) is 0.875. The summed E-state index contributed by atoms with van der Waals surface area (Å²) in [5, 5.41) is 3.56. The number of hydrogen-bond acceptors (Lipinski definition) is 3. The van der Waals surface area contributed by atoms with Gasteiger partial charge >= 0.3 is 0 Å². The maximum atomic E-state index is 5.22. The Hall–Kier alpha value is -1.87. The van der Waals surface area contributed by atoms with E-state index < -0.39 is 0 Å². The van der Waals surface area contributed by atoms with Crippen molar-refractivity contribution in [2.45, 2.75) is 26.3 Å². The van der Waals surface area contributed by atoms with Crippen LogP contribution < -0.4 is 10.1 Å². The molecule has 0 spiro atoms. The lowest BCUT2D eigenvalue weighted by molar-refractivity contribution is 0.414. The van der Waals surface area contributed by atoms with Gasteiger partial charge in [0.2, 0.25) is 0 Å². The molecule has 0 aliphatic heterocycles. The molecule has 20 heavy (non-hydrogen) atoms. The number of benzene rings is 1. The predicted octanol–water partition coefficient (Wildman–Crippen LogP) is 3.49. The van der Waals surface area contributed by atoms with Gasteiger partial charge in [-0.25, -0.2) is 0 Å². The number of aryl methyl sites for hydroxylation is 1. The van der Waals surface area contributed by atoms with E-state index in [1.54, 1.807) is 7.11 Å². The van der Waals surface area contributed by atoms with Crippen molar-refractivity contribution in [2.75, 3.05) is 13.7 Å². The van der Waals surface area contributed by atoms with Crippen LogP contribution in [0.3, 0.4) is 0 Å². The molecule has 106 valence electrons. The molecule has 1 aromatic heterocycles. The molecular weight excluding hydrogens is 248 g/mol. The summed E-state index contributed by atoms with van der Waals surface area (Å²) in [5.41, 5.74) is 3.31. The maximum absolute atomic E-state index is 5.22. The van der Waals surface area contributed by atoms with Crippen LogP contribution >= 0.6 is 0 Å². The van der Waals surface area contributed by atoms with Crippen LogP contribution in [-0.4, -0.2) is 18.6 Å². The lowest BCUT2D eigenvalue weighted by Gasteiger charge is -2.19. The summed E-state index contributed by atoms with van der Waals surface area (Å²) in [6.07, 6.45) is 1.10. The maximum Gasteiger partial charge on any atom is 0.118 e. The fraction of sp³-hybridized carbons (Fsp3) is 0.353. The standard InChI is InChI=1S/C17H22N2O/c1-4-12-18-17(16-7-5-6-13(2)19-16)14-8-10-15(20-3)11-9-14/h5-11,17-18H,4,12H2,1-3H3. The van der Waals surface area contributed by atoms with E-state index >= 15 is 0 Å². The lowest BCUT2D eigenvalue weighted by atomic mass is 10.0. The van der Waals surface area contributed by atoms with Crippen molar-refractivity contribution >= 4 is 0 Å². The Morgan fingerprint density at radius 2 is 1.90 bits per heavy atom. The average Bonchev–Trinajstić information content (AvgIpc) is 2.48. The van der Waals surface area contributed by atoms with Crippen LogP contribution in [0.2, 0.25) is 0 Å². The molecule has 1 heterocycles. The van der Waals surface area contributed by atoms with E-state index in [0.29, 0.717) is 0 Å². The smallest absolute Gasteiger partial charge is 0.118 e. The van der Waals surface area contributed by atoms with Gasteiger partial charge in [0.15, 0.2) is 0 Å². The van der Waals surface area contributed by atoms with Crippen LogP contribution in [0.1, 0.15) is 36.3 Å². The van der Waals surface area contributed by atoms with E-state index in [1.165, 1.54) is 5.56 Å². The minimum atomic E-state index is 0.126. The van der Waals surface area contributed by atoms with Crippen LogP contribution in [-0.2, 0) is 0 Å². The van der Waals surface area contributed by atoms with Crippen LogP contribution in [0.15, 0.2) is 42.5 Å². The molecule has 2 aromatic rings. The average molecular weight is 270 g/mol. The summed E-state index contributed by atoms with van der Waals surface area (Å²) in [6.45, 7) is 5.16. The van der Waals surface area contributed by atoms with Gasteiger partial charge in [-0.05, 0) is 49.7 Å². The van der Waals surface area contributed by atoms with Crippen molar-refractivity contribution in [3.63, 3.8) is 0 Å². The van der Waals surface area contributed by atoms with E-state index in [0.717, 1.165) is 30.1 Å². The topological polar surface area (TPSA) is 34.1 Å². The van der Waals surface area contributed by atoms with Crippen LogP contribution in [0, 0.1) is 6.92 Å². The summed E-state index contributed by atoms with van der Waals surface area (Å²) in [4.78, 5) is 4.65. The van der Waals surface area contributed by atoms with Crippen molar-refractivity contribution in [3.05, 3.63) is 59.4 Å². The van der Waals surface area contributed by atoms with Gasteiger partial charge in [-0.15, -0.1) is 0 Å². The first-order valence-corrected chi connectivity index (χ1v) is 7.05. The molecule has 3 heteroatoms. The van der Waals surface area contributed by atoms with Gasteiger partial charge in [0.1, 0.15) is 5.75 Å².